The first-order valence-electron chi connectivity index (χ1n) is 8.34. The van der Waals surface area contributed by atoms with E-state index in [1.165, 1.54) is 10.6 Å². The second kappa shape index (κ2) is 8.63. The number of hydrogen-bond donors (Lipinski definition) is 0. The summed E-state index contributed by atoms with van der Waals surface area (Å²) in [4.78, 5) is 39.7. The molecule has 0 aromatic carbocycles. The summed E-state index contributed by atoms with van der Waals surface area (Å²) in [6.45, 7) is 5.24. The maximum absolute atomic E-state index is 12.6. The zero-order chi connectivity index (χ0) is 17.5. The lowest BCUT2D eigenvalue weighted by molar-refractivity contribution is -0.132. The maximum atomic E-state index is 12.6. The van der Waals surface area contributed by atoms with Gasteiger partial charge in [0.15, 0.2) is 0 Å². The molecular weight excluding hydrogens is 310 g/mol. The predicted molar refractivity (Wildman–Crippen MR) is 89.9 cm³/mol. The fourth-order valence-corrected chi connectivity index (χ4v) is 2.73. The van der Waals surface area contributed by atoms with Gasteiger partial charge in [-0.05, 0) is 19.4 Å². The quantitative estimate of drug-likeness (QED) is 0.734. The van der Waals surface area contributed by atoms with Crippen LogP contribution < -0.4 is 5.56 Å². The Morgan fingerprint density at radius 3 is 2.54 bits per heavy atom. The van der Waals surface area contributed by atoms with Crippen LogP contribution in [-0.2, 0) is 16.6 Å². The second-order valence-electron chi connectivity index (χ2n) is 5.84. The first-order valence-corrected chi connectivity index (χ1v) is 8.34. The number of aryl methyl sites for hydroxylation is 1. The summed E-state index contributed by atoms with van der Waals surface area (Å²) >= 11 is 0. The van der Waals surface area contributed by atoms with Gasteiger partial charge in [0.25, 0.3) is 5.91 Å². The van der Waals surface area contributed by atoms with Gasteiger partial charge in [0.05, 0.1) is 18.6 Å². The molecule has 7 nitrogen and oxygen atoms in total. The largest absolute Gasteiger partial charge is 0.381 e. The Hall–Kier alpha value is -2.15. The molecule has 0 aliphatic carbocycles. The van der Waals surface area contributed by atoms with E-state index in [9.17, 15) is 14.4 Å². The zero-order valence-corrected chi connectivity index (χ0v) is 14.4. The standard InChI is InChI=1S/C17H25N3O4/c1-3-24-12-7-16(22)19-8-4-9-20(11-10-19)17(23)14-5-6-15(21)18(2)13-14/h5-6,13H,3-4,7-12H2,1-2H3. The van der Waals surface area contributed by atoms with Crippen molar-refractivity contribution in [2.24, 2.45) is 7.05 Å². The summed E-state index contributed by atoms with van der Waals surface area (Å²) in [5.41, 5.74) is 0.349. The Morgan fingerprint density at radius 2 is 1.83 bits per heavy atom. The van der Waals surface area contributed by atoms with E-state index in [2.05, 4.69) is 0 Å². The Labute approximate surface area is 141 Å². The second-order valence-corrected chi connectivity index (χ2v) is 5.84. The van der Waals surface area contributed by atoms with E-state index in [-0.39, 0.29) is 17.4 Å². The van der Waals surface area contributed by atoms with Crippen LogP contribution in [-0.4, -0.2) is 65.6 Å². The van der Waals surface area contributed by atoms with Crippen molar-refractivity contribution in [1.82, 2.24) is 14.4 Å². The summed E-state index contributed by atoms with van der Waals surface area (Å²) in [7, 11) is 1.63. The Kier molecular flexibility index (Phi) is 6.54. The van der Waals surface area contributed by atoms with Crippen molar-refractivity contribution < 1.29 is 14.3 Å². The number of rotatable bonds is 5. The highest BCUT2D eigenvalue weighted by molar-refractivity contribution is 5.94. The Bertz CT molecular complexity index is 641. The SMILES string of the molecule is CCOCCC(=O)N1CCCN(C(=O)c2ccc(=O)n(C)c2)CC1. The van der Waals surface area contributed by atoms with Gasteiger partial charge in [-0.1, -0.05) is 0 Å². The zero-order valence-electron chi connectivity index (χ0n) is 14.4. The van der Waals surface area contributed by atoms with Gasteiger partial charge in [0.1, 0.15) is 0 Å². The van der Waals surface area contributed by atoms with E-state index in [1.807, 2.05) is 6.92 Å². The van der Waals surface area contributed by atoms with Gasteiger partial charge in [-0.15, -0.1) is 0 Å². The first kappa shape index (κ1) is 18.2. The number of amides is 2. The van der Waals surface area contributed by atoms with Gasteiger partial charge < -0.3 is 19.1 Å². The van der Waals surface area contributed by atoms with Gasteiger partial charge in [-0.25, -0.2) is 0 Å². The lowest BCUT2D eigenvalue weighted by Crippen LogP contribution is -2.38. The number of aromatic nitrogens is 1. The highest BCUT2D eigenvalue weighted by Gasteiger charge is 2.22. The molecule has 0 saturated carbocycles. The number of pyridine rings is 1. The Morgan fingerprint density at radius 1 is 1.12 bits per heavy atom. The third-order valence-corrected chi connectivity index (χ3v) is 4.13. The van der Waals surface area contributed by atoms with Crippen molar-refractivity contribution in [1.29, 1.82) is 0 Å². The summed E-state index contributed by atoms with van der Waals surface area (Å²) in [5, 5.41) is 0. The Balaban J connectivity index is 1.94. The third kappa shape index (κ3) is 4.67. The highest BCUT2D eigenvalue weighted by atomic mass is 16.5. The topological polar surface area (TPSA) is 71.8 Å². The van der Waals surface area contributed by atoms with Crippen molar-refractivity contribution in [2.75, 3.05) is 39.4 Å². The monoisotopic (exact) mass is 335 g/mol. The van der Waals surface area contributed by atoms with Gasteiger partial charge in [-0.3, -0.25) is 14.4 Å². The van der Waals surface area contributed by atoms with E-state index in [4.69, 9.17) is 4.74 Å². The van der Waals surface area contributed by atoms with Gasteiger partial charge >= 0.3 is 0 Å². The average Bonchev–Trinajstić information content (AvgIpc) is 2.83. The summed E-state index contributed by atoms with van der Waals surface area (Å²) in [6, 6.07) is 2.95. The van der Waals surface area contributed by atoms with Crippen molar-refractivity contribution >= 4 is 11.8 Å². The normalized spacial score (nSPS) is 15.2. The molecule has 2 rings (SSSR count). The van der Waals surface area contributed by atoms with Crippen molar-refractivity contribution in [2.45, 2.75) is 19.8 Å². The molecular formula is C17H25N3O4. The number of carbonyl (C=O) groups excluding carboxylic acids is 2. The van der Waals surface area contributed by atoms with Gasteiger partial charge in [0, 0.05) is 52.1 Å². The summed E-state index contributed by atoms with van der Waals surface area (Å²) < 4.78 is 6.62. The van der Waals surface area contributed by atoms with Gasteiger partial charge in [0.2, 0.25) is 11.5 Å². The molecule has 1 aliphatic rings. The highest BCUT2D eigenvalue weighted by Crippen LogP contribution is 2.09. The molecule has 7 heteroatoms. The molecule has 0 spiro atoms. The molecule has 132 valence electrons. The van der Waals surface area contributed by atoms with Crippen LogP contribution in [0.2, 0.25) is 0 Å². The van der Waals surface area contributed by atoms with Crippen molar-refractivity contribution in [3.8, 4) is 0 Å². The van der Waals surface area contributed by atoms with Crippen LogP contribution >= 0.6 is 0 Å². The summed E-state index contributed by atoms with van der Waals surface area (Å²) in [5.74, 6) is -0.0333. The fraction of sp³-hybridized carbons (Fsp3) is 0.588. The van der Waals surface area contributed by atoms with Crippen molar-refractivity contribution in [3.63, 3.8) is 0 Å². The fourth-order valence-electron chi connectivity index (χ4n) is 2.73. The van der Waals surface area contributed by atoms with Crippen LogP contribution in [0.5, 0.6) is 0 Å². The minimum absolute atomic E-state index is 0.0693. The van der Waals surface area contributed by atoms with Crippen LogP contribution in [0.4, 0.5) is 0 Å². The predicted octanol–water partition coefficient (Wildman–Crippen LogP) is 0.486. The molecule has 2 heterocycles. The third-order valence-electron chi connectivity index (χ3n) is 4.13. The molecule has 1 saturated heterocycles. The minimum Gasteiger partial charge on any atom is -0.381 e. The molecule has 0 N–H and O–H groups in total. The summed E-state index contributed by atoms with van der Waals surface area (Å²) in [6.07, 6.45) is 2.68. The lowest BCUT2D eigenvalue weighted by Gasteiger charge is -2.22. The molecule has 2 amide bonds. The molecule has 0 bridgehead atoms. The van der Waals surface area contributed by atoms with E-state index in [0.29, 0.717) is 51.4 Å². The molecule has 1 fully saturated rings. The van der Waals surface area contributed by atoms with Gasteiger partial charge in [-0.2, -0.15) is 0 Å². The molecule has 1 aromatic heterocycles. The molecule has 0 radical (unpaired) electrons. The van der Waals surface area contributed by atoms with E-state index >= 15 is 0 Å². The first-order chi connectivity index (χ1) is 11.5. The van der Waals surface area contributed by atoms with Crippen LogP contribution in [0.3, 0.4) is 0 Å². The smallest absolute Gasteiger partial charge is 0.255 e. The lowest BCUT2D eigenvalue weighted by atomic mass is 10.2. The molecule has 0 atom stereocenters. The minimum atomic E-state index is -0.145. The molecule has 24 heavy (non-hydrogen) atoms. The number of nitrogens with zero attached hydrogens (tertiary/aromatic N) is 3. The molecule has 1 aliphatic heterocycles. The van der Waals surface area contributed by atoms with Crippen LogP contribution in [0.15, 0.2) is 23.1 Å². The van der Waals surface area contributed by atoms with E-state index in [1.54, 1.807) is 29.1 Å². The number of carbonyl (C=O) groups is 2. The maximum Gasteiger partial charge on any atom is 0.255 e. The molecule has 1 aromatic rings. The van der Waals surface area contributed by atoms with Crippen molar-refractivity contribution in [3.05, 3.63) is 34.2 Å². The van der Waals surface area contributed by atoms with E-state index < -0.39 is 0 Å². The molecule has 0 unspecified atom stereocenters. The van der Waals surface area contributed by atoms with E-state index in [0.717, 1.165) is 6.42 Å². The van der Waals surface area contributed by atoms with Crippen LogP contribution in [0.25, 0.3) is 0 Å². The number of hydrogen-bond acceptors (Lipinski definition) is 4. The average molecular weight is 335 g/mol. The number of ether oxygens (including phenoxy) is 1. The van der Waals surface area contributed by atoms with Crippen LogP contribution in [0, 0.1) is 0 Å². The van der Waals surface area contributed by atoms with Crippen LogP contribution in [0.1, 0.15) is 30.1 Å².